The van der Waals surface area contributed by atoms with E-state index in [-0.39, 0.29) is 52.6 Å². The molecule has 0 saturated carbocycles. The fraction of sp³-hybridized carbons (Fsp3) is 0.276. The fourth-order valence-electron chi connectivity index (χ4n) is 5.68. The molecule has 0 spiro atoms. The Morgan fingerprint density at radius 3 is 2.70 bits per heavy atom. The summed E-state index contributed by atoms with van der Waals surface area (Å²) < 4.78 is 34.5. The van der Waals surface area contributed by atoms with E-state index in [1.54, 1.807) is 22.5 Å². The lowest BCUT2D eigenvalue weighted by atomic mass is 9.95. The largest absolute Gasteiger partial charge is 0.478 e. The van der Waals surface area contributed by atoms with Gasteiger partial charge in [0.15, 0.2) is 10.8 Å². The van der Waals surface area contributed by atoms with Crippen molar-refractivity contribution >= 4 is 52.4 Å². The highest BCUT2D eigenvalue weighted by Crippen LogP contribution is 2.38. The Bertz CT molecular complexity index is 1720. The number of esters is 1. The molecule has 2 saturated heterocycles. The smallest absolute Gasteiger partial charge is 0.338 e. The molecule has 11 nitrogen and oxygen atoms in total. The van der Waals surface area contributed by atoms with Crippen molar-refractivity contribution in [3.05, 3.63) is 92.0 Å². The van der Waals surface area contributed by atoms with Gasteiger partial charge in [0.2, 0.25) is 0 Å². The van der Waals surface area contributed by atoms with Gasteiger partial charge in [0.05, 0.1) is 35.0 Å². The van der Waals surface area contributed by atoms with E-state index in [2.05, 4.69) is 10.3 Å². The fourth-order valence-corrected chi connectivity index (χ4v) is 6.49. The zero-order valence-electron chi connectivity index (χ0n) is 23.2. The van der Waals surface area contributed by atoms with Crippen molar-refractivity contribution in [3.63, 3.8) is 0 Å². The third kappa shape index (κ3) is 5.40. The molecule has 2 amide bonds. The summed E-state index contributed by atoms with van der Waals surface area (Å²) in [4.78, 5) is 51.7. The van der Waals surface area contributed by atoms with Crippen molar-refractivity contribution in [3.8, 4) is 0 Å². The number of ether oxygens (including phenoxy) is 1. The van der Waals surface area contributed by atoms with E-state index < -0.39 is 29.6 Å². The van der Waals surface area contributed by atoms with Crippen molar-refractivity contribution in [2.45, 2.75) is 12.1 Å². The molecule has 3 aromatic rings. The normalized spacial score (nSPS) is 20.4. The van der Waals surface area contributed by atoms with Gasteiger partial charge in [-0.15, -0.1) is 11.3 Å². The number of thiazole rings is 1. The maximum absolute atomic E-state index is 14.8. The number of urea groups is 1. The van der Waals surface area contributed by atoms with E-state index in [4.69, 9.17) is 26.4 Å². The van der Waals surface area contributed by atoms with Gasteiger partial charge in [0.25, 0.3) is 0 Å². The number of amidine groups is 1. The molecule has 3 aliphatic rings. The minimum absolute atomic E-state index is 0.00435. The second-order valence-corrected chi connectivity index (χ2v) is 11.6. The van der Waals surface area contributed by atoms with Gasteiger partial charge < -0.3 is 20.1 Å². The Morgan fingerprint density at radius 1 is 1.18 bits per heavy atom. The minimum Gasteiger partial charge on any atom is -0.478 e. The topological polar surface area (TPSA) is 128 Å². The number of halogens is 3. The third-order valence-corrected chi connectivity index (χ3v) is 8.92. The lowest BCUT2D eigenvalue weighted by Crippen LogP contribution is -2.53. The van der Waals surface area contributed by atoms with Crippen LogP contribution in [0, 0.1) is 11.6 Å². The van der Waals surface area contributed by atoms with Crippen LogP contribution >= 0.6 is 22.9 Å². The number of carbonyl (C=O) groups excluding carboxylic acids is 2. The number of methoxy groups -OCH3 is 1. The van der Waals surface area contributed by atoms with Gasteiger partial charge in [-0.2, -0.15) is 0 Å². The molecule has 2 fully saturated rings. The molecule has 3 aliphatic heterocycles. The number of nitrogens with one attached hydrogen (secondary N) is 1. The average Bonchev–Trinajstić information content (AvgIpc) is 3.66. The van der Waals surface area contributed by atoms with Gasteiger partial charge in [-0.05, 0) is 24.3 Å². The standard InChI is InChI=1S/C29H25ClF2N6O5S/c1-43-28(41)22-20(34-25(26-33-7-10-44-26)35-24(22)17-3-2-4-18(31)23(17)30)14-36-8-9-37-16(12-36)13-38(29(37)42)21-6-5-15(27(39)40)11-19(21)32/h2-7,10-11,16,24H,8-9,12-14H2,1H3,(H,34,35)(H,39,40)/t16-,24-/m0/s1. The molecule has 6 rings (SSSR count). The second-order valence-electron chi connectivity index (χ2n) is 10.3. The number of amides is 2. The minimum atomic E-state index is -1.27. The van der Waals surface area contributed by atoms with Crippen LogP contribution in [-0.2, 0) is 9.53 Å². The molecule has 0 bridgehead atoms. The average molecular weight is 643 g/mol. The molecule has 15 heteroatoms. The number of fused-ring (bicyclic) bond motifs is 1. The summed E-state index contributed by atoms with van der Waals surface area (Å²) in [6.07, 6.45) is 1.62. The Hall–Kier alpha value is -4.40. The summed E-state index contributed by atoms with van der Waals surface area (Å²) in [5.41, 5.74) is 0.706. The number of carboxylic acid groups (broad SMARTS) is 1. The molecule has 2 atom stereocenters. The zero-order valence-corrected chi connectivity index (χ0v) is 24.7. The summed E-state index contributed by atoms with van der Waals surface area (Å²) >= 11 is 7.70. The molecule has 228 valence electrons. The monoisotopic (exact) mass is 642 g/mol. The predicted molar refractivity (Wildman–Crippen MR) is 158 cm³/mol. The molecule has 0 radical (unpaired) electrons. The van der Waals surface area contributed by atoms with Gasteiger partial charge in [0, 0.05) is 55.6 Å². The number of aromatic carboxylic acids is 1. The highest BCUT2D eigenvalue weighted by atomic mass is 35.5. The van der Waals surface area contributed by atoms with E-state index >= 15 is 0 Å². The summed E-state index contributed by atoms with van der Waals surface area (Å²) in [6, 6.07) is 6.10. The van der Waals surface area contributed by atoms with Crippen molar-refractivity contribution < 1.29 is 33.0 Å². The first kappa shape index (κ1) is 29.7. The maximum atomic E-state index is 14.8. The van der Waals surface area contributed by atoms with Crippen molar-refractivity contribution in [2.75, 3.05) is 44.7 Å². The number of benzene rings is 2. The number of piperazine rings is 1. The van der Waals surface area contributed by atoms with Crippen LogP contribution in [0.3, 0.4) is 0 Å². The van der Waals surface area contributed by atoms with Crippen molar-refractivity contribution in [1.82, 2.24) is 20.1 Å². The molecular formula is C29H25ClF2N6O5S. The first-order valence-corrected chi connectivity index (χ1v) is 14.7. The number of aliphatic imine (C=N–C) groups is 1. The highest BCUT2D eigenvalue weighted by Gasteiger charge is 2.43. The van der Waals surface area contributed by atoms with Gasteiger partial charge in [0.1, 0.15) is 17.7 Å². The van der Waals surface area contributed by atoms with Crippen LogP contribution in [0.15, 0.2) is 64.2 Å². The van der Waals surface area contributed by atoms with E-state index in [1.807, 2.05) is 4.90 Å². The number of carbonyl (C=O) groups is 3. The highest BCUT2D eigenvalue weighted by molar-refractivity contribution is 7.11. The maximum Gasteiger partial charge on any atom is 0.338 e. The third-order valence-electron chi connectivity index (χ3n) is 7.75. The predicted octanol–water partition coefficient (Wildman–Crippen LogP) is 3.92. The first-order valence-electron chi connectivity index (χ1n) is 13.5. The molecular weight excluding hydrogens is 618 g/mol. The van der Waals surface area contributed by atoms with Crippen LogP contribution in [0.5, 0.6) is 0 Å². The van der Waals surface area contributed by atoms with E-state index in [1.165, 1.54) is 47.6 Å². The second kappa shape index (κ2) is 11.9. The molecule has 0 unspecified atom stereocenters. The van der Waals surface area contributed by atoms with Crippen LogP contribution in [0.2, 0.25) is 5.02 Å². The van der Waals surface area contributed by atoms with Crippen molar-refractivity contribution in [2.24, 2.45) is 4.99 Å². The lowest BCUT2D eigenvalue weighted by molar-refractivity contribution is -0.136. The van der Waals surface area contributed by atoms with E-state index in [9.17, 15) is 23.2 Å². The van der Waals surface area contributed by atoms with Crippen LogP contribution in [0.1, 0.15) is 27.0 Å². The number of nitrogens with zero attached hydrogens (tertiary/aromatic N) is 5. The molecule has 2 aromatic carbocycles. The molecule has 2 N–H and O–H groups in total. The van der Waals surface area contributed by atoms with Crippen LogP contribution in [-0.4, -0.2) is 89.6 Å². The molecule has 44 heavy (non-hydrogen) atoms. The lowest BCUT2D eigenvalue weighted by Gasteiger charge is -2.38. The zero-order chi connectivity index (χ0) is 31.1. The number of anilines is 1. The van der Waals surface area contributed by atoms with Crippen LogP contribution in [0.25, 0.3) is 0 Å². The van der Waals surface area contributed by atoms with Gasteiger partial charge in [-0.3, -0.25) is 14.8 Å². The summed E-state index contributed by atoms with van der Waals surface area (Å²) in [7, 11) is 1.25. The number of hydrogen-bond donors (Lipinski definition) is 2. The number of rotatable bonds is 7. The molecule has 4 heterocycles. The quantitative estimate of drug-likeness (QED) is 0.372. The first-order chi connectivity index (χ1) is 21.2. The Kier molecular flexibility index (Phi) is 8.05. The van der Waals surface area contributed by atoms with Crippen molar-refractivity contribution in [1.29, 1.82) is 0 Å². The molecule has 0 aliphatic carbocycles. The van der Waals surface area contributed by atoms with Crippen LogP contribution in [0.4, 0.5) is 19.3 Å². The summed E-state index contributed by atoms with van der Waals surface area (Å²) in [5, 5.41) is 14.6. The van der Waals surface area contributed by atoms with Gasteiger partial charge >= 0.3 is 18.0 Å². The Morgan fingerprint density at radius 2 is 2.00 bits per heavy atom. The van der Waals surface area contributed by atoms with E-state index in [0.717, 1.165) is 6.07 Å². The van der Waals surface area contributed by atoms with Crippen LogP contribution < -0.4 is 10.2 Å². The molecule has 1 aromatic heterocycles. The Labute approximate surface area is 259 Å². The SMILES string of the molecule is COC(=O)C1=C(CN2CCN3C(=O)N(c4ccc(C(=O)O)cc4F)C[C@@H]3C2)NC(c2nccs2)=N[C@H]1c1cccc(F)c1Cl. The Balaban J connectivity index is 1.29. The van der Waals surface area contributed by atoms with Gasteiger partial charge in [-0.1, -0.05) is 23.7 Å². The van der Waals surface area contributed by atoms with E-state index in [0.29, 0.717) is 36.2 Å². The van der Waals surface area contributed by atoms with Gasteiger partial charge in [-0.25, -0.2) is 28.1 Å². The number of hydrogen-bond acceptors (Lipinski definition) is 9. The number of aromatic nitrogens is 1. The summed E-state index contributed by atoms with van der Waals surface area (Å²) in [5.74, 6) is -3.00. The summed E-state index contributed by atoms with van der Waals surface area (Å²) in [6.45, 7) is 1.57. The number of carboxylic acids is 1.